The summed E-state index contributed by atoms with van der Waals surface area (Å²) >= 11 is 0. The first-order chi connectivity index (χ1) is 9.62. The Morgan fingerprint density at radius 3 is 2.30 bits per heavy atom. The highest BCUT2D eigenvalue weighted by Crippen LogP contribution is 2.43. The SMILES string of the molecule is COc1cc(N)c(C#N)c(-c2ccc(F)cc2)c1OC. The van der Waals surface area contributed by atoms with Crippen LogP contribution < -0.4 is 15.2 Å². The lowest BCUT2D eigenvalue weighted by molar-refractivity contribution is 0.356. The number of nitrogens with two attached hydrogens (primary N) is 1. The summed E-state index contributed by atoms with van der Waals surface area (Å²) in [6.45, 7) is 0. The molecule has 0 heterocycles. The van der Waals surface area contributed by atoms with E-state index in [1.807, 2.05) is 6.07 Å². The predicted molar refractivity (Wildman–Crippen MR) is 74.1 cm³/mol. The standard InChI is InChI=1S/C15H13FN2O2/c1-19-13-7-12(18)11(8-17)14(15(13)20-2)9-3-5-10(16)6-4-9/h3-7H,18H2,1-2H3. The molecule has 0 amide bonds. The van der Waals surface area contributed by atoms with Crippen molar-refractivity contribution in [3.63, 3.8) is 0 Å². The van der Waals surface area contributed by atoms with Gasteiger partial charge in [-0.25, -0.2) is 4.39 Å². The van der Waals surface area contributed by atoms with Crippen molar-refractivity contribution in [2.24, 2.45) is 0 Å². The van der Waals surface area contributed by atoms with Gasteiger partial charge in [0.15, 0.2) is 11.5 Å². The number of benzene rings is 2. The molecule has 2 N–H and O–H groups in total. The minimum Gasteiger partial charge on any atom is -0.493 e. The topological polar surface area (TPSA) is 68.3 Å². The molecule has 4 nitrogen and oxygen atoms in total. The van der Waals surface area contributed by atoms with Gasteiger partial charge in [-0.05, 0) is 17.7 Å². The van der Waals surface area contributed by atoms with E-state index in [1.54, 1.807) is 12.1 Å². The monoisotopic (exact) mass is 272 g/mol. The molecule has 20 heavy (non-hydrogen) atoms. The maximum Gasteiger partial charge on any atom is 0.170 e. The van der Waals surface area contributed by atoms with E-state index in [-0.39, 0.29) is 17.1 Å². The molecule has 0 aromatic heterocycles. The average Bonchev–Trinajstić information content (AvgIpc) is 2.46. The number of hydrogen-bond acceptors (Lipinski definition) is 4. The van der Waals surface area contributed by atoms with Crippen molar-refractivity contribution in [3.8, 4) is 28.7 Å². The lowest BCUT2D eigenvalue weighted by Crippen LogP contribution is -2.00. The lowest BCUT2D eigenvalue weighted by Gasteiger charge is -2.16. The van der Waals surface area contributed by atoms with Crippen LogP contribution >= 0.6 is 0 Å². The fraction of sp³-hybridized carbons (Fsp3) is 0.133. The first-order valence-electron chi connectivity index (χ1n) is 5.82. The number of nitrogen functional groups attached to an aromatic ring is 1. The van der Waals surface area contributed by atoms with Gasteiger partial charge in [0, 0.05) is 11.6 Å². The van der Waals surface area contributed by atoms with Gasteiger partial charge in [0.05, 0.1) is 25.5 Å². The van der Waals surface area contributed by atoms with E-state index in [0.717, 1.165) is 0 Å². The Morgan fingerprint density at radius 2 is 1.80 bits per heavy atom. The molecule has 0 saturated carbocycles. The lowest BCUT2D eigenvalue weighted by atomic mass is 9.97. The zero-order chi connectivity index (χ0) is 14.7. The molecule has 0 fully saturated rings. The van der Waals surface area contributed by atoms with Crippen LogP contribution in [0.4, 0.5) is 10.1 Å². The van der Waals surface area contributed by atoms with Gasteiger partial charge in [-0.1, -0.05) is 12.1 Å². The molecular formula is C15H13FN2O2. The van der Waals surface area contributed by atoms with E-state index in [9.17, 15) is 9.65 Å². The average molecular weight is 272 g/mol. The van der Waals surface area contributed by atoms with Gasteiger partial charge in [-0.15, -0.1) is 0 Å². The number of methoxy groups -OCH3 is 2. The summed E-state index contributed by atoms with van der Waals surface area (Å²) in [5, 5.41) is 9.30. The van der Waals surface area contributed by atoms with Gasteiger partial charge >= 0.3 is 0 Å². The van der Waals surface area contributed by atoms with E-state index in [0.29, 0.717) is 22.6 Å². The number of anilines is 1. The Hall–Kier alpha value is -2.74. The van der Waals surface area contributed by atoms with E-state index in [2.05, 4.69) is 0 Å². The van der Waals surface area contributed by atoms with E-state index < -0.39 is 0 Å². The Kier molecular flexibility index (Phi) is 3.76. The summed E-state index contributed by atoms with van der Waals surface area (Å²) in [6.07, 6.45) is 0. The highest BCUT2D eigenvalue weighted by Gasteiger charge is 2.19. The van der Waals surface area contributed by atoms with Crippen LogP contribution in [0.5, 0.6) is 11.5 Å². The highest BCUT2D eigenvalue weighted by atomic mass is 19.1. The van der Waals surface area contributed by atoms with E-state index in [4.69, 9.17) is 15.2 Å². The number of hydrogen-bond donors (Lipinski definition) is 1. The molecule has 0 aliphatic rings. The zero-order valence-electron chi connectivity index (χ0n) is 11.1. The quantitative estimate of drug-likeness (QED) is 0.872. The Bertz CT molecular complexity index is 676. The van der Waals surface area contributed by atoms with Crippen LogP contribution in [0.15, 0.2) is 30.3 Å². The molecule has 0 bridgehead atoms. The maximum atomic E-state index is 13.0. The molecule has 0 spiro atoms. The molecule has 0 saturated heterocycles. The third kappa shape index (κ3) is 2.24. The second-order valence-corrected chi connectivity index (χ2v) is 4.07. The molecule has 0 aliphatic carbocycles. The summed E-state index contributed by atoms with van der Waals surface area (Å²) in [6, 6.07) is 9.33. The number of halogens is 1. The molecule has 102 valence electrons. The minimum absolute atomic E-state index is 0.272. The van der Waals surface area contributed by atoms with E-state index >= 15 is 0 Å². The Morgan fingerprint density at radius 1 is 1.15 bits per heavy atom. The minimum atomic E-state index is -0.359. The predicted octanol–water partition coefficient (Wildman–Crippen LogP) is 2.96. The summed E-state index contributed by atoms with van der Waals surface area (Å²) in [4.78, 5) is 0. The van der Waals surface area contributed by atoms with Crippen molar-refractivity contribution in [2.45, 2.75) is 0 Å². The van der Waals surface area contributed by atoms with Gasteiger partial charge in [-0.2, -0.15) is 5.26 Å². The van der Waals surface area contributed by atoms with E-state index in [1.165, 1.54) is 32.4 Å². The van der Waals surface area contributed by atoms with Crippen LogP contribution in [-0.2, 0) is 0 Å². The molecule has 0 aliphatic heterocycles. The zero-order valence-corrected chi connectivity index (χ0v) is 11.1. The molecule has 0 atom stereocenters. The first-order valence-corrected chi connectivity index (χ1v) is 5.82. The molecule has 2 aromatic rings. The van der Waals surface area contributed by atoms with Crippen molar-refractivity contribution in [1.82, 2.24) is 0 Å². The number of rotatable bonds is 3. The van der Waals surface area contributed by atoms with Crippen LogP contribution in [-0.4, -0.2) is 14.2 Å². The van der Waals surface area contributed by atoms with Gasteiger partial charge in [0.25, 0.3) is 0 Å². The molecule has 2 aromatic carbocycles. The largest absolute Gasteiger partial charge is 0.493 e. The third-order valence-corrected chi connectivity index (χ3v) is 2.94. The molecular weight excluding hydrogens is 259 g/mol. The van der Waals surface area contributed by atoms with Gasteiger partial charge in [-0.3, -0.25) is 0 Å². The van der Waals surface area contributed by atoms with Crippen LogP contribution in [0, 0.1) is 17.1 Å². The molecule has 0 unspecified atom stereocenters. The van der Waals surface area contributed by atoms with Gasteiger partial charge in [0.1, 0.15) is 11.9 Å². The third-order valence-electron chi connectivity index (χ3n) is 2.94. The Labute approximate surface area is 116 Å². The summed E-state index contributed by atoms with van der Waals surface area (Å²) in [7, 11) is 2.96. The van der Waals surface area contributed by atoms with Crippen LogP contribution in [0.2, 0.25) is 0 Å². The summed E-state index contributed by atoms with van der Waals surface area (Å²) in [5.74, 6) is 0.454. The second kappa shape index (κ2) is 5.49. The number of ether oxygens (including phenoxy) is 2. The van der Waals surface area contributed by atoms with Gasteiger partial charge < -0.3 is 15.2 Å². The van der Waals surface area contributed by atoms with Crippen molar-refractivity contribution >= 4 is 5.69 Å². The summed E-state index contributed by atoms with van der Waals surface area (Å²) in [5.41, 5.74) is 7.54. The van der Waals surface area contributed by atoms with Gasteiger partial charge in [0.2, 0.25) is 0 Å². The van der Waals surface area contributed by atoms with Crippen molar-refractivity contribution in [1.29, 1.82) is 5.26 Å². The normalized spacial score (nSPS) is 9.90. The molecule has 0 radical (unpaired) electrons. The molecule has 2 rings (SSSR count). The van der Waals surface area contributed by atoms with Crippen molar-refractivity contribution in [2.75, 3.05) is 20.0 Å². The number of nitrogens with zero attached hydrogens (tertiary/aromatic N) is 1. The second-order valence-electron chi connectivity index (χ2n) is 4.07. The Balaban J connectivity index is 2.81. The van der Waals surface area contributed by atoms with Crippen LogP contribution in [0.3, 0.4) is 0 Å². The first kappa shape index (κ1) is 13.7. The summed E-state index contributed by atoms with van der Waals surface area (Å²) < 4.78 is 23.6. The fourth-order valence-electron chi connectivity index (χ4n) is 2.03. The smallest absolute Gasteiger partial charge is 0.170 e. The van der Waals surface area contributed by atoms with Crippen LogP contribution in [0.25, 0.3) is 11.1 Å². The number of nitriles is 1. The van der Waals surface area contributed by atoms with Crippen molar-refractivity contribution in [3.05, 3.63) is 41.7 Å². The fourth-order valence-corrected chi connectivity index (χ4v) is 2.03. The maximum absolute atomic E-state index is 13.0. The highest BCUT2D eigenvalue weighted by molar-refractivity contribution is 5.85. The molecule has 5 heteroatoms. The van der Waals surface area contributed by atoms with Crippen molar-refractivity contribution < 1.29 is 13.9 Å². The van der Waals surface area contributed by atoms with Crippen LogP contribution in [0.1, 0.15) is 5.56 Å².